The normalized spacial score (nSPS) is 25.0. The van der Waals surface area contributed by atoms with Crippen LogP contribution in [0.15, 0.2) is 54.6 Å². The van der Waals surface area contributed by atoms with Crippen molar-refractivity contribution in [2.75, 3.05) is 0 Å². The van der Waals surface area contributed by atoms with Gasteiger partial charge in [-0.2, -0.15) is 10.5 Å². The Labute approximate surface area is 152 Å². The molecule has 25 heavy (non-hydrogen) atoms. The van der Waals surface area contributed by atoms with Gasteiger partial charge < -0.3 is 0 Å². The van der Waals surface area contributed by atoms with E-state index in [0.29, 0.717) is 5.02 Å². The summed E-state index contributed by atoms with van der Waals surface area (Å²) in [5, 5.41) is 20.7. The zero-order chi connectivity index (χ0) is 18.0. The van der Waals surface area contributed by atoms with Crippen LogP contribution in [0.4, 0.5) is 0 Å². The van der Waals surface area contributed by atoms with Crippen LogP contribution in [-0.4, -0.2) is 5.78 Å². The maximum atomic E-state index is 12.7. The molecule has 1 fully saturated rings. The number of nitriles is 2. The Morgan fingerprint density at radius 1 is 1.00 bits per heavy atom. The molecule has 4 heteroatoms. The number of hydrogen-bond donors (Lipinski definition) is 0. The number of rotatable bonds is 2. The van der Waals surface area contributed by atoms with Crippen LogP contribution in [0.5, 0.6) is 0 Å². The molecule has 0 saturated heterocycles. The lowest BCUT2D eigenvalue weighted by atomic mass is 9.54. The molecule has 0 amide bonds. The summed E-state index contributed by atoms with van der Waals surface area (Å²) in [4.78, 5) is 12.7. The number of carbonyl (C=O) groups excluding carboxylic acids is 1. The van der Waals surface area contributed by atoms with Gasteiger partial charge in [0, 0.05) is 29.2 Å². The van der Waals surface area contributed by atoms with E-state index in [1.165, 1.54) is 0 Å². The van der Waals surface area contributed by atoms with Gasteiger partial charge >= 0.3 is 0 Å². The van der Waals surface area contributed by atoms with E-state index >= 15 is 0 Å². The zero-order valence-corrected chi connectivity index (χ0v) is 14.6. The molecule has 2 aromatic carbocycles. The first-order valence-corrected chi connectivity index (χ1v) is 8.57. The van der Waals surface area contributed by atoms with Crippen molar-refractivity contribution in [1.29, 1.82) is 10.5 Å². The fraction of sp³-hybridized carbons (Fsp3) is 0.286. The Balaban J connectivity index is 2.19. The molecule has 1 saturated carbocycles. The monoisotopic (exact) mass is 348 g/mol. The summed E-state index contributed by atoms with van der Waals surface area (Å²) in [7, 11) is 0. The topological polar surface area (TPSA) is 64.7 Å². The molecule has 0 bridgehead atoms. The molecule has 3 atom stereocenters. The Kier molecular flexibility index (Phi) is 4.62. The van der Waals surface area contributed by atoms with Gasteiger partial charge in [0.05, 0.1) is 12.1 Å². The van der Waals surface area contributed by atoms with E-state index in [-0.39, 0.29) is 18.1 Å². The Morgan fingerprint density at radius 3 is 2.16 bits per heavy atom. The fourth-order valence-corrected chi connectivity index (χ4v) is 4.08. The van der Waals surface area contributed by atoms with Crippen molar-refractivity contribution in [2.24, 2.45) is 11.3 Å². The average molecular weight is 349 g/mol. The van der Waals surface area contributed by atoms with Crippen molar-refractivity contribution in [3.63, 3.8) is 0 Å². The fourth-order valence-electron chi connectivity index (χ4n) is 3.95. The SMILES string of the molecule is CC1C(=O)CC(c2ccc(Cl)cc2)C(C#N)(C#N)C1c1ccccc1. The Hall–Kier alpha value is -2.62. The first kappa shape index (κ1) is 17.2. The van der Waals surface area contributed by atoms with Crippen molar-refractivity contribution in [3.8, 4) is 12.1 Å². The number of carbonyl (C=O) groups is 1. The summed E-state index contributed by atoms with van der Waals surface area (Å²) in [6.45, 7) is 1.82. The second-order valence-electron chi connectivity index (χ2n) is 6.54. The van der Waals surface area contributed by atoms with Gasteiger partial charge in [-0.3, -0.25) is 4.79 Å². The highest BCUT2D eigenvalue weighted by Gasteiger charge is 2.55. The van der Waals surface area contributed by atoms with Crippen molar-refractivity contribution in [3.05, 3.63) is 70.7 Å². The number of benzene rings is 2. The van der Waals surface area contributed by atoms with E-state index in [1.54, 1.807) is 12.1 Å². The third kappa shape index (κ3) is 2.82. The summed E-state index contributed by atoms with van der Waals surface area (Å²) >= 11 is 5.97. The molecule has 3 unspecified atom stereocenters. The van der Waals surface area contributed by atoms with Gasteiger partial charge in [-0.25, -0.2) is 0 Å². The van der Waals surface area contributed by atoms with E-state index < -0.39 is 17.3 Å². The zero-order valence-electron chi connectivity index (χ0n) is 13.8. The molecule has 0 radical (unpaired) electrons. The molecule has 3 nitrogen and oxygen atoms in total. The minimum atomic E-state index is -1.30. The molecular weight excluding hydrogens is 332 g/mol. The highest BCUT2D eigenvalue weighted by atomic mass is 35.5. The van der Waals surface area contributed by atoms with Crippen LogP contribution in [0.2, 0.25) is 5.02 Å². The van der Waals surface area contributed by atoms with Crippen LogP contribution in [0.1, 0.15) is 36.3 Å². The molecule has 0 aromatic heterocycles. The smallest absolute Gasteiger partial charge is 0.158 e. The minimum Gasteiger partial charge on any atom is -0.299 e. The van der Waals surface area contributed by atoms with Crippen molar-refractivity contribution >= 4 is 17.4 Å². The van der Waals surface area contributed by atoms with E-state index in [0.717, 1.165) is 11.1 Å². The predicted octanol–water partition coefficient (Wildman–Crippen LogP) is 4.85. The van der Waals surface area contributed by atoms with Gasteiger partial charge in [0.1, 0.15) is 5.78 Å². The Bertz CT molecular complexity index is 848. The molecule has 1 aliphatic rings. The average Bonchev–Trinajstić information content (AvgIpc) is 2.65. The lowest BCUT2D eigenvalue weighted by Gasteiger charge is -2.43. The van der Waals surface area contributed by atoms with Gasteiger partial charge in [-0.1, -0.05) is 61.0 Å². The molecule has 0 spiro atoms. The summed E-state index contributed by atoms with van der Waals surface area (Å²) in [6, 6.07) is 21.1. The summed E-state index contributed by atoms with van der Waals surface area (Å²) in [6.07, 6.45) is 0.188. The second-order valence-corrected chi connectivity index (χ2v) is 6.98. The van der Waals surface area contributed by atoms with Crippen molar-refractivity contribution in [1.82, 2.24) is 0 Å². The number of ketones is 1. The standard InChI is InChI=1S/C21H17ClN2O/c1-14-19(25)11-18(15-7-9-17(22)10-8-15)21(12-23,13-24)20(14)16-5-3-2-4-6-16/h2-10,14,18,20H,11H2,1H3. The lowest BCUT2D eigenvalue weighted by Crippen LogP contribution is -2.44. The van der Waals surface area contributed by atoms with Gasteiger partial charge in [0.15, 0.2) is 5.41 Å². The molecule has 1 aliphatic carbocycles. The van der Waals surface area contributed by atoms with E-state index in [1.807, 2.05) is 49.4 Å². The third-order valence-electron chi connectivity index (χ3n) is 5.25. The highest BCUT2D eigenvalue weighted by Crippen LogP contribution is 2.55. The molecule has 124 valence electrons. The maximum absolute atomic E-state index is 12.7. The summed E-state index contributed by atoms with van der Waals surface area (Å²) < 4.78 is 0. The molecule has 3 rings (SSSR count). The summed E-state index contributed by atoms with van der Waals surface area (Å²) in [5.41, 5.74) is 0.349. The van der Waals surface area contributed by atoms with Gasteiger partial charge in [-0.15, -0.1) is 0 Å². The van der Waals surface area contributed by atoms with E-state index in [2.05, 4.69) is 12.1 Å². The van der Waals surface area contributed by atoms with E-state index in [4.69, 9.17) is 11.6 Å². The number of hydrogen-bond acceptors (Lipinski definition) is 3. The van der Waals surface area contributed by atoms with Crippen LogP contribution in [0, 0.1) is 34.0 Å². The lowest BCUT2D eigenvalue weighted by molar-refractivity contribution is -0.127. The highest BCUT2D eigenvalue weighted by molar-refractivity contribution is 6.30. The van der Waals surface area contributed by atoms with Crippen LogP contribution >= 0.6 is 11.6 Å². The molecule has 0 aliphatic heterocycles. The van der Waals surface area contributed by atoms with E-state index in [9.17, 15) is 15.3 Å². The van der Waals surface area contributed by atoms with Gasteiger partial charge in [0.2, 0.25) is 0 Å². The van der Waals surface area contributed by atoms with Crippen LogP contribution in [0.3, 0.4) is 0 Å². The molecular formula is C21H17ClN2O. The van der Waals surface area contributed by atoms with Crippen LogP contribution in [-0.2, 0) is 4.79 Å². The third-order valence-corrected chi connectivity index (χ3v) is 5.51. The minimum absolute atomic E-state index is 0.0786. The second kappa shape index (κ2) is 6.71. The maximum Gasteiger partial charge on any atom is 0.158 e. The molecule has 0 N–H and O–H groups in total. The summed E-state index contributed by atoms with van der Waals surface area (Å²) in [5.74, 6) is -1.25. The molecule has 2 aromatic rings. The number of Topliss-reactive ketones (excluding diaryl/α,β-unsaturated/α-hetero) is 1. The van der Waals surface area contributed by atoms with Crippen molar-refractivity contribution in [2.45, 2.75) is 25.2 Å². The first-order valence-electron chi connectivity index (χ1n) is 8.19. The van der Waals surface area contributed by atoms with Crippen LogP contribution < -0.4 is 0 Å². The first-order chi connectivity index (χ1) is 12.0. The van der Waals surface area contributed by atoms with Crippen LogP contribution in [0.25, 0.3) is 0 Å². The quantitative estimate of drug-likeness (QED) is 0.779. The predicted molar refractivity (Wildman–Crippen MR) is 95.8 cm³/mol. The van der Waals surface area contributed by atoms with Gasteiger partial charge in [-0.05, 0) is 23.3 Å². The van der Waals surface area contributed by atoms with Gasteiger partial charge in [0.25, 0.3) is 0 Å². The van der Waals surface area contributed by atoms with Crippen molar-refractivity contribution < 1.29 is 4.79 Å². The largest absolute Gasteiger partial charge is 0.299 e. The number of nitrogens with zero attached hydrogens (tertiary/aromatic N) is 2. The number of halogens is 1. The Morgan fingerprint density at radius 2 is 1.60 bits per heavy atom. The molecule has 0 heterocycles.